The highest BCUT2D eigenvalue weighted by Gasteiger charge is 2.31. The number of ether oxygens (including phenoxy) is 2. The van der Waals surface area contributed by atoms with Gasteiger partial charge in [-0.3, -0.25) is 4.79 Å². The number of carbonyl (C=O) groups excluding carboxylic acids is 1. The smallest absolute Gasteiger partial charge is 0.323 e. The summed E-state index contributed by atoms with van der Waals surface area (Å²) in [6.45, 7) is 2.76. The number of nitrogens with one attached hydrogen (secondary N) is 1. The summed E-state index contributed by atoms with van der Waals surface area (Å²) in [5, 5.41) is 3.12. The van der Waals surface area contributed by atoms with E-state index in [-0.39, 0.29) is 18.1 Å². The number of methoxy groups -OCH3 is 1. The molecule has 0 aromatic heterocycles. The Bertz CT molecular complexity index is 464. The van der Waals surface area contributed by atoms with Crippen LogP contribution in [0.5, 0.6) is 5.75 Å². The van der Waals surface area contributed by atoms with E-state index in [9.17, 15) is 4.79 Å². The van der Waals surface area contributed by atoms with Gasteiger partial charge in [-0.2, -0.15) is 0 Å². The average molecular weight is 328 g/mol. The third-order valence-electron chi connectivity index (χ3n) is 3.27. The monoisotopic (exact) mass is 327 g/mol. The van der Waals surface area contributed by atoms with E-state index in [1.165, 1.54) is 7.11 Å². The van der Waals surface area contributed by atoms with Crippen LogP contribution >= 0.6 is 15.9 Å². The number of halogens is 1. The van der Waals surface area contributed by atoms with Crippen molar-refractivity contribution in [2.45, 2.75) is 31.9 Å². The molecule has 2 rings (SSSR count). The number of benzene rings is 1. The zero-order chi connectivity index (χ0) is 13.8. The number of rotatable bonds is 4. The maximum absolute atomic E-state index is 11.4. The Morgan fingerprint density at radius 1 is 1.53 bits per heavy atom. The molecule has 1 heterocycles. The highest BCUT2D eigenvalue weighted by Crippen LogP contribution is 2.26. The molecule has 1 aromatic rings. The molecule has 0 amide bonds. The lowest BCUT2D eigenvalue weighted by Gasteiger charge is -2.16. The molecule has 0 saturated carbocycles. The van der Waals surface area contributed by atoms with Crippen LogP contribution in [-0.2, 0) is 16.0 Å². The molecule has 0 unspecified atom stereocenters. The van der Waals surface area contributed by atoms with Crippen molar-refractivity contribution in [1.82, 2.24) is 5.32 Å². The van der Waals surface area contributed by atoms with Crippen LogP contribution < -0.4 is 10.1 Å². The van der Waals surface area contributed by atoms with Gasteiger partial charge in [0.05, 0.1) is 7.11 Å². The normalized spacial score (nSPS) is 22.3. The molecule has 1 fully saturated rings. The first kappa shape index (κ1) is 14.3. The third kappa shape index (κ3) is 3.48. The zero-order valence-electron chi connectivity index (χ0n) is 11.1. The molecular weight excluding hydrogens is 310 g/mol. The van der Waals surface area contributed by atoms with Crippen LogP contribution in [0.1, 0.15) is 18.9 Å². The molecule has 19 heavy (non-hydrogen) atoms. The second-order valence-electron chi connectivity index (χ2n) is 4.57. The molecule has 104 valence electrons. The fourth-order valence-electron chi connectivity index (χ4n) is 2.23. The summed E-state index contributed by atoms with van der Waals surface area (Å²) in [5.74, 6) is 0.667. The fourth-order valence-corrected chi connectivity index (χ4v) is 2.64. The van der Waals surface area contributed by atoms with E-state index in [0.717, 1.165) is 22.2 Å². The Morgan fingerprint density at radius 3 is 3.00 bits per heavy atom. The topological polar surface area (TPSA) is 47.6 Å². The van der Waals surface area contributed by atoms with Crippen molar-refractivity contribution in [3.63, 3.8) is 0 Å². The van der Waals surface area contributed by atoms with Gasteiger partial charge in [-0.15, -0.1) is 0 Å². The van der Waals surface area contributed by atoms with Gasteiger partial charge in [0.2, 0.25) is 0 Å². The van der Waals surface area contributed by atoms with E-state index in [1.54, 1.807) is 0 Å². The predicted octanol–water partition coefficient (Wildman–Crippen LogP) is 2.29. The third-order valence-corrected chi connectivity index (χ3v) is 3.77. The summed E-state index contributed by atoms with van der Waals surface area (Å²) < 4.78 is 11.8. The second kappa shape index (κ2) is 6.39. The van der Waals surface area contributed by atoms with E-state index in [4.69, 9.17) is 9.47 Å². The van der Waals surface area contributed by atoms with Crippen LogP contribution in [0.15, 0.2) is 22.7 Å². The van der Waals surface area contributed by atoms with Crippen molar-refractivity contribution in [2.75, 3.05) is 13.7 Å². The molecule has 0 bridgehead atoms. The standard InChI is InChI=1S/C14H18BrNO3/c1-3-9-6-10(15)4-5-13(9)19-11-7-12(16-8-11)14(17)18-2/h4-6,11-12,16H,3,7-8H2,1-2H3/t11-,12+/m1/s1. The number of aryl methyl sites for hydroxylation is 1. The minimum absolute atomic E-state index is 0.00979. The van der Waals surface area contributed by atoms with Crippen LogP contribution in [0.25, 0.3) is 0 Å². The first-order chi connectivity index (χ1) is 9.13. The maximum atomic E-state index is 11.4. The van der Waals surface area contributed by atoms with Gasteiger partial charge in [0, 0.05) is 17.4 Å². The molecule has 1 aromatic carbocycles. The van der Waals surface area contributed by atoms with Crippen molar-refractivity contribution >= 4 is 21.9 Å². The number of hydrogen-bond acceptors (Lipinski definition) is 4. The Balaban J connectivity index is 2.01. The van der Waals surface area contributed by atoms with Crippen LogP contribution in [0.2, 0.25) is 0 Å². The summed E-state index contributed by atoms with van der Waals surface area (Å²) in [6, 6.07) is 5.74. The van der Waals surface area contributed by atoms with Crippen LogP contribution in [0, 0.1) is 0 Å². The molecule has 1 aliphatic heterocycles. The van der Waals surface area contributed by atoms with Gasteiger partial charge >= 0.3 is 5.97 Å². The van der Waals surface area contributed by atoms with E-state index in [0.29, 0.717) is 13.0 Å². The second-order valence-corrected chi connectivity index (χ2v) is 5.48. The summed E-state index contributed by atoms with van der Waals surface area (Å²) in [7, 11) is 1.40. The largest absolute Gasteiger partial charge is 0.489 e. The lowest BCUT2D eigenvalue weighted by molar-refractivity contribution is -0.142. The molecular formula is C14H18BrNO3. The first-order valence-electron chi connectivity index (χ1n) is 6.40. The van der Waals surface area contributed by atoms with Crippen molar-refractivity contribution in [2.24, 2.45) is 0 Å². The molecule has 0 radical (unpaired) electrons. The predicted molar refractivity (Wildman–Crippen MR) is 76.4 cm³/mol. The Hall–Kier alpha value is -1.07. The van der Waals surface area contributed by atoms with Crippen LogP contribution in [-0.4, -0.2) is 31.8 Å². The van der Waals surface area contributed by atoms with Gasteiger partial charge in [-0.1, -0.05) is 22.9 Å². The van der Waals surface area contributed by atoms with Crippen LogP contribution in [0.3, 0.4) is 0 Å². The fraction of sp³-hybridized carbons (Fsp3) is 0.500. The van der Waals surface area contributed by atoms with Gasteiger partial charge < -0.3 is 14.8 Å². The van der Waals surface area contributed by atoms with E-state index < -0.39 is 0 Å². The van der Waals surface area contributed by atoms with E-state index >= 15 is 0 Å². The summed E-state index contributed by atoms with van der Waals surface area (Å²) in [4.78, 5) is 11.4. The number of esters is 1. The van der Waals surface area contributed by atoms with Gasteiger partial charge in [-0.05, 0) is 30.2 Å². The molecule has 1 saturated heterocycles. The molecule has 0 spiro atoms. The minimum Gasteiger partial charge on any atom is -0.489 e. The van der Waals surface area contributed by atoms with Crippen molar-refractivity contribution in [3.8, 4) is 5.75 Å². The lowest BCUT2D eigenvalue weighted by Crippen LogP contribution is -2.31. The lowest BCUT2D eigenvalue weighted by atomic mass is 10.1. The van der Waals surface area contributed by atoms with Crippen molar-refractivity contribution in [3.05, 3.63) is 28.2 Å². The summed E-state index contributed by atoms with van der Waals surface area (Å²) in [5.41, 5.74) is 1.16. The minimum atomic E-state index is -0.254. The first-order valence-corrected chi connectivity index (χ1v) is 7.19. The zero-order valence-corrected chi connectivity index (χ0v) is 12.7. The molecule has 5 heteroatoms. The molecule has 1 N–H and O–H groups in total. The van der Waals surface area contributed by atoms with Gasteiger partial charge in [0.25, 0.3) is 0 Å². The number of hydrogen-bond donors (Lipinski definition) is 1. The highest BCUT2D eigenvalue weighted by atomic mass is 79.9. The summed E-state index contributed by atoms with van der Waals surface area (Å²) in [6.07, 6.45) is 1.57. The van der Waals surface area contributed by atoms with Crippen molar-refractivity contribution in [1.29, 1.82) is 0 Å². The van der Waals surface area contributed by atoms with Gasteiger partial charge in [0.15, 0.2) is 0 Å². The maximum Gasteiger partial charge on any atom is 0.323 e. The molecule has 2 atom stereocenters. The van der Waals surface area contributed by atoms with E-state index in [2.05, 4.69) is 34.2 Å². The Kier molecular flexibility index (Phi) is 4.82. The molecule has 4 nitrogen and oxygen atoms in total. The van der Waals surface area contributed by atoms with Crippen LogP contribution in [0.4, 0.5) is 0 Å². The quantitative estimate of drug-likeness (QED) is 0.862. The van der Waals surface area contributed by atoms with E-state index in [1.807, 2.05) is 12.1 Å². The molecule has 0 aliphatic carbocycles. The van der Waals surface area contributed by atoms with Crippen molar-refractivity contribution < 1.29 is 14.3 Å². The molecule has 1 aliphatic rings. The Morgan fingerprint density at radius 2 is 2.32 bits per heavy atom. The Labute approximate surface area is 121 Å². The van der Waals surface area contributed by atoms with Gasteiger partial charge in [0.1, 0.15) is 17.9 Å². The average Bonchev–Trinajstić information content (AvgIpc) is 2.88. The number of carbonyl (C=O) groups is 1. The SMILES string of the molecule is CCc1cc(Br)ccc1O[C@H]1CN[C@H](C(=O)OC)C1. The highest BCUT2D eigenvalue weighted by molar-refractivity contribution is 9.10. The van der Waals surface area contributed by atoms with Gasteiger partial charge in [-0.25, -0.2) is 0 Å². The summed E-state index contributed by atoms with van der Waals surface area (Å²) >= 11 is 3.46.